The van der Waals surface area contributed by atoms with Gasteiger partial charge in [-0.2, -0.15) is 0 Å². The van der Waals surface area contributed by atoms with Crippen LogP contribution in [-0.4, -0.2) is 30.1 Å². The Morgan fingerprint density at radius 1 is 1.57 bits per heavy atom. The molecular weight excluding hydrogens is 184 g/mol. The van der Waals surface area contributed by atoms with Crippen molar-refractivity contribution in [3.63, 3.8) is 0 Å². The Bertz CT molecular complexity index is 265. The second kappa shape index (κ2) is 3.35. The van der Waals surface area contributed by atoms with Crippen molar-refractivity contribution in [3.8, 4) is 0 Å². The summed E-state index contributed by atoms with van der Waals surface area (Å²) in [5.41, 5.74) is -0.614. The number of hydrogen-bond acceptors (Lipinski definition) is 4. The van der Waals surface area contributed by atoms with Gasteiger partial charge in [0.2, 0.25) is 11.9 Å². The molecule has 0 aromatic rings. The van der Waals surface area contributed by atoms with E-state index in [1.807, 2.05) is 0 Å². The van der Waals surface area contributed by atoms with Crippen molar-refractivity contribution < 1.29 is 19.1 Å². The lowest BCUT2D eigenvalue weighted by Gasteiger charge is -2.41. The molecule has 4 heteroatoms. The van der Waals surface area contributed by atoms with Crippen LogP contribution in [0.25, 0.3) is 0 Å². The summed E-state index contributed by atoms with van der Waals surface area (Å²) in [7, 11) is 0. The van der Waals surface area contributed by atoms with E-state index in [9.17, 15) is 9.59 Å². The monoisotopic (exact) mass is 198 g/mol. The van der Waals surface area contributed by atoms with Crippen molar-refractivity contribution in [2.24, 2.45) is 0 Å². The molecule has 1 saturated carbocycles. The van der Waals surface area contributed by atoms with Crippen molar-refractivity contribution >= 4 is 11.8 Å². The lowest BCUT2D eigenvalue weighted by molar-refractivity contribution is -0.211. The Morgan fingerprint density at radius 2 is 2.21 bits per heavy atom. The summed E-state index contributed by atoms with van der Waals surface area (Å²) >= 11 is 0. The van der Waals surface area contributed by atoms with Gasteiger partial charge in [-0.15, -0.1) is 0 Å². The van der Waals surface area contributed by atoms with Gasteiger partial charge in [0.15, 0.2) is 0 Å². The molecule has 0 N–H and O–H groups in total. The molecule has 1 aliphatic heterocycles. The first-order valence-electron chi connectivity index (χ1n) is 5.08. The first kappa shape index (κ1) is 9.65. The zero-order chi connectivity index (χ0) is 10.2. The van der Waals surface area contributed by atoms with Crippen LogP contribution in [0, 0.1) is 0 Å². The summed E-state index contributed by atoms with van der Waals surface area (Å²) in [6, 6.07) is 0. The van der Waals surface area contributed by atoms with Crippen LogP contribution in [0.1, 0.15) is 32.6 Å². The average Bonchev–Trinajstić information content (AvgIpc) is 2.65. The molecule has 4 nitrogen and oxygen atoms in total. The number of esters is 1. The fourth-order valence-corrected chi connectivity index (χ4v) is 2.20. The van der Waals surface area contributed by atoms with Crippen LogP contribution in [0.5, 0.6) is 0 Å². The fraction of sp³-hybridized carbons (Fsp3) is 0.800. The molecule has 1 saturated heterocycles. The highest BCUT2D eigenvalue weighted by molar-refractivity contribution is 6.10. The molecule has 78 valence electrons. The average molecular weight is 198 g/mol. The van der Waals surface area contributed by atoms with E-state index in [1.165, 1.54) is 0 Å². The molecule has 2 aliphatic rings. The van der Waals surface area contributed by atoms with Gasteiger partial charge in [0, 0.05) is 0 Å². The van der Waals surface area contributed by atoms with Gasteiger partial charge in [-0.25, -0.2) is 4.79 Å². The zero-order valence-corrected chi connectivity index (χ0v) is 8.25. The maximum absolute atomic E-state index is 11.7. The Balaban J connectivity index is 1.96. The second-order valence-electron chi connectivity index (χ2n) is 3.82. The molecule has 1 aliphatic carbocycles. The van der Waals surface area contributed by atoms with Crippen LogP contribution in [0.15, 0.2) is 0 Å². The van der Waals surface area contributed by atoms with E-state index in [4.69, 9.17) is 9.47 Å². The van der Waals surface area contributed by atoms with E-state index in [0.29, 0.717) is 6.61 Å². The molecule has 1 spiro atoms. The number of Topliss-reactive ketones (excluding diaryl/α,β-unsaturated/α-hetero) is 1. The minimum Gasteiger partial charge on any atom is -0.464 e. The number of ether oxygens (including phenoxy) is 2. The van der Waals surface area contributed by atoms with Gasteiger partial charge in [-0.3, -0.25) is 4.79 Å². The van der Waals surface area contributed by atoms with Crippen LogP contribution in [0.4, 0.5) is 0 Å². The van der Waals surface area contributed by atoms with Gasteiger partial charge in [0.25, 0.3) is 0 Å². The third-order valence-corrected chi connectivity index (χ3v) is 2.94. The van der Waals surface area contributed by atoms with Crippen LogP contribution in [-0.2, 0) is 19.1 Å². The molecule has 0 amide bonds. The first-order chi connectivity index (χ1) is 6.69. The largest absolute Gasteiger partial charge is 0.464 e. The molecule has 1 atom stereocenters. The van der Waals surface area contributed by atoms with Gasteiger partial charge in [-0.1, -0.05) is 0 Å². The minimum absolute atomic E-state index is 0.0755. The molecule has 2 fully saturated rings. The molecule has 1 heterocycles. The summed E-state index contributed by atoms with van der Waals surface area (Å²) in [5, 5.41) is 0. The maximum Gasteiger partial charge on any atom is 0.343 e. The van der Waals surface area contributed by atoms with Gasteiger partial charge >= 0.3 is 5.97 Å². The molecule has 2 rings (SSSR count). The molecule has 0 radical (unpaired) electrons. The zero-order valence-electron chi connectivity index (χ0n) is 8.25. The van der Waals surface area contributed by atoms with Crippen LogP contribution < -0.4 is 0 Å². The highest BCUT2D eigenvalue weighted by Gasteiger charge is 2.59. The van der Waals surface area contributed by atoms with E-state index in [-0.39, 0.29) is 5.78 Å². The lowest BCUT2D eigenvalue weighted by Crippen LogP contribution is -2.62. The quantitative estimate of drug-likeness (QED) is 0.487. The van der Waals surface area contributed by atoms with Crippen molar-refractivity contribution in [1.29, 1.82) is 0 Å². The SMILES string of the molecule is CCOC(=O)[C@H]1OC2(CCCC2)C1=O. The molecule has 0 unspecified atom stereocenters. The highest BCUT2D eigenvalue weighted by Crippen LogP contribution is 2.43. The minimum atomic E-state index is -0.937. The summed E-state index contributed by atoms with van der Waals surface area (Å²) < 4.78 is 10.1. The summed E-state index contributed by atoms with van der Waals surface area (Å²) in [6.07, 6.45) is 2.62. The molecule has 0 bridgehead atoms. The van der Waals surface area contributed by atoms with Crippen LogP contribution in [0.2, 0.25) is 0 Å². The van der Waals surface area contributed by atoms with Gasteiger partial charge in [0.1, 0.15) is 5.60 Å². The highest BCUT2D eigenvalue weighted by atomic mass is 16.6. The van der Waals surface area contributed by atoms with E-state index in [0.717, 1.165) is 25.7 Å². The molecule has 14 heavy (non-hydrogen) atoms. The maximum atomic E-state index is 11.7. The third kappa shape index (κ3) is 1.25. The predicted molar refractivity (Wildman–Crippen MR) is 47.7 cm³/mol. The number of hydrogen-bond donors (Lipinski definition) is 0. The third-order valence-electron chi connectivity index (χ3n) is 2.94. The van der Waals surface area contributed by atoms with Crippen molar-refractivity contribution in [2.75, 3.05) is 6.61 Å². The Hall–Kier alpha value is -0.900. The Morgan fingerprint density at radius 3 is 2.71 bits per heavy atom. The Kier molecular flexibility index (Phi) is 2.31. The van der Waals surface area contributed by atoms with Gasteiger partial charge in [0.05, 0.1) is 6.61 Å². The van der Waals surface area contributed by atoms with Crippen LogP contribution >= 0.6 is 0 Å². The normalized spacial score (nSPS) is 28.9. The first-order valence-corrected chi connectivity index (χ1v) is 5.08. The summed E-state index contributed by atoms with van der Waals surface area (Å²) in [4.78, 5) is 22.9. The molecule has 0 aromatic carbocycles. The van der Waals surface area contributed by atoms with E-state index in [1.54, 1.807) is 6.92 Å². The number of carbonyl (C=O) groups excluding carboxylic acids is 2. The smallest absolute Gasteiger partial charge is 0.343 e. The molecule has 0 aromatic heterocycles. The van der Waals surface area contributed by atoms with E-state index < -0.39 is 17.7 Å². The van der Waals surface area contributed by atoms with Crippen molar-refractivity contribution in [1.82, 2.24) is 0 Å². The van der Waals surface area contributed by atoms with Crippen molar-refractivity contribution in [3.05, 3.63) is 0 Å². The standard InChI is InChI=1S/C10H14O4/c1-2-13-9(12)7-8(11)10(14-7)5-3-4-6-10/h7H,2-6H2,1H3/t7-/m0/s1. The van der Waals surface area contributed by atoms with Crippen LogP contribution in [0.3, 0.4) is 0 Å². The Labute approximate surface area is 82.6 Å². The number of rotatable bonds is 2. The predicted octanol–water partition coefficient (Wildman–Crippen LogP) is 0.830. The lowest BCUT2D eigenvalue weighted by atomic mass is 9.86. The second-order valence-corrected chi connectivity index (χ2v) is 3.82. The number of carbonyl (C=O) groups is 2. The van der Waals surface area contributed by atoms with Gasteiger partial charge in [-0.05, 0) is 32.6 Å². The van der Waals surface area contributed by atoms with E-state index >= 15 is 0 Å². The summed E-state index contributed by atoms with van der Waals surface area (Å²) in [6.45, 7) is 2.01. The van der Waals surface area contributed by atoms with Gasteiger partial charge < -0.3 is 9.47 Å². The topological polar surface area (TPSA) is 52.6 Å². The number of ketones is 1. The summed E-state index contributed by atoms with van der Waals surface area (Å²) in [5.74, 6) is -0.608. The fourth-order valence-electron chi connectivity index (χ4n) is 2.20. The van der Waals surface area contributed by atoms with Crippen molar-refractivity contribution in [2.45, 2.75) is 44.3 Å². The van der Waals surface area contributed by atoms with E-state index in [2.05, 4.69) is 0 Å². The molecular formula is C10H14O4.